The van der Waals surface area contributed by atoms with Crippen LogP contribution in [0.2, 0.25) is 0 Å². The number of carbonyl (C=O) groups is 1. The first-order valence-electron chi connectivity index (χ1n) is 6.55. The van der Waals surface area contributed by atoms with Gasteiger partial charge in [0.15, 0.2) is 0 Å². The SMILES string of the molecule is O=C(O)C1CCn2c(Cc3ccc(O)cc3)nnc2C1. The Bertz CT molecular complexity index is 634. The van der Waals surface area contributed by atoms with Gasteiger partial charge in [-0.3, -0.25) is 4.79 Å². The molecule has 0 radical (unpaired) electrons. The van der Waals surface area contributed by atoms with Gasteiger partial charge in [-0.15, -0.1) is 10.2 Å². The van der Waals surface area contributed by atoms with Crippen LogP contribution in [0.5, 0.6) is 5.75 Å². The zero-order valence-corrected chi connectivity index (χ0v) is 10.9. The smallest absolute Gasteiger partial charge is 0.307 e. The molecular weight excluding hydrogens is 258 g/mol. The summed E-state index contributed by atoms with van der Waals surface area (Å²) in [6, 6.07) is 6.98. The fourth-order valence-corrected chi connectivity index (χ4v) is 2.53. The Morgan fingerprint density at radius 1 is 1.30 bits per heavy atom. The summed E-state index contributed by atoms with van der Waals surface area (Å²) in [6.07, 6.45) is 1.69. The second-order valence-corrected chi connectivity index (χ2v) is 5.06. The van der Waals surface area contributed by atoms with Crippen molar-refractivity contribution in [2.75, 3.05) is 0 Å². The number of hydrogen-bond acceptors (Lipinski definition) is 4. The number of rotatable bonds is 3. The first-order chi connectivity index (χ1) is 9.63. The van der Waals surface area contributed by atoms with Gasteiger partial charge in [0.05, 0.1) is 5.92 Å². The minimum atomic E-state index is -0.765. The lowest BCUT2D eigenvalue weighted by molar-refractivity contribution is -0.142. The van der Waals surface area contributed by atoms with Crippen molar-refractivity contribution in [1.82, 2.24) is 14.8 Å². The first-order valence-corrected chi connectivity index (χ1v) is 6.55. The number of phenols is 1. The lowest BCUT2D eigenvalue weighted by Crippen LogP contribution is -2.26. The Kier molecular flexibility index (Phi) is 3.14. The third kappa shape index (κ3) is 2.36. The molecule has 6 heteroatoms. The van der Waals surface area contributed by atoms with Crippen LogP contribution >= 0.6 is 0 Å². The van der Waals surface area contributed by atoms with Gasteiger partial charge in [-0.2, -0.15) is 0 Å². The largest absolute Gasteiger partial charge is 0.508 e. The maximum atomic E-state index is 11.0. The Balaban J connectivity index is 1.80. The molecule has 6 nitrogen and oxygen atoms in total. The van der Waals surface area contributed by atoms with Gasteiger partial charge in [0, 0.05) is 19.4 Å². The van der Waals surface area contributed by atoms with E-state index in [0.29, 0.717) is 25.8 Å². The molecule has 1 aliphatic rings. The molecule has 1 atom stereocenters. The van der Waals surface area contributed by atoms with Crippen molar-refractivity contribution in [2.24, 2.45) is 5.92 Å². The predicted molar refractivity (Wildman–Crippen MR) is 70.4 cm³/mol. The van der Waals surface area contributed by atoms with E-state index in [1.165, 1.54) is 0 Å². The number of nitrogens with zero attached hydrogens (tertiary/aromatic N) is 3. The molecule has 1 aromatic carbocycles. The summed E-state index contributed by atoms with van der Waals surface area (Å²) < 4.78 is 2.01. The predicted octanol–water partition coefficient (Wildman–Crippen LogP) is 1.22. The van der Waals surface area contributed by atoms with Gasteiger partial charge in [-0.1, -0.05) is 12.1 Å². The van der Waals surface area contributed by atoms with Gasteiger partial charge < -0.3 is 14.8 Å². The van der Waals surface area contributed by atoms with E-state index in [0.717, 1.165) is 17.2 Å². The molecule has 0 saturated heterocycles. The molecule has 2 aromatic rings. The van der Waals surface area contributed by atoms with Crippen LogP contribution in [-0.4, -0.2) is 30.9 Å². The highest BCUT2D eigenvalue weighted by atomic mass is 16.4. The molecule has 0 spiro atoms. The monoisotopic (exact) mass is 273 g/mol. The highest BCUT2D eigenvalue weighted by molar-refractivity contribution is 5.70. The molecule has 20 heavy (non-hydrogen) atoms. The molecule has 3 rings (SSSR count). The molecular formula is C14H15N3O3. The third-order valence-electron chi connectivity index (χ3n) is 3.68. The number of aromatic nitrogens is 3. The van der Waals surface area contributed by atoms with Gasteiger partial charge >= 0.3 is 5.97 Å². The van der Waals surface area contributed by atoms with Gasteiger partial charge in [-0.25, -0.2) is 0 Å². The topological polar surface area (TPSA) is 88.2 Å². The van der Waals surface area contributed by atoms with Crippen molar-refractivity contribution in [3.05, 3.63) is 41.5 Å². The number of hydrogen-bond donors (Lipinski definition) is 2. The fourth-order valence-electron chi connectivity index (χ4n) is 2.53. The van der Waals surface area contributed by atoms with Crippen molar-refractivity contribution >= 4 is 5.97 Å². The number of phenolic OH excluding ortho intramolecular Hbond substituents is 1. The molecule has 0 amide bonds. The Hall–Kier alpha value is -2.37. The molecule has 2 heterocycles. The molecule has 0 saturated carbocycles. The quantitative estimate of drug-likeness (QED) is 0.877. The lowest BCUT2D eigenvalue weighted by atomic mass is 9.98. The molecule has 1 aliphatic heterocycles. The van der Waals surface area contributed by atoms with E-state index in [4.69, 9.17) is 5.11 Å². The molecule has 0 bridgehead atoms. The van der Waals surface area contributed by atoms with Crippen molar-refractivity contribution in [2.45, 2.75) is 25.8 Å². The molecule has 1 aromatic heterocycles. The molecule has 2 N–H and O–H groups in total. The Labute approximate surface area is 115 Å². The summed E-state index contributed by atoms with van der Waals surface area (Å²) in [5.41, 5.74) is 1.04. The summed E-state index contributed by atoms with van der Waals surface area (Å²) in [5, 5.41) is 26.6. The second kappa shape index (κ2) is 4.96. The maximum absolute atomic E-state index is 11.0. The molecule has 0 fully saturated rings. The van der Waals surface area contributed by atoms with E-state index in [1.807, 2.05) is 16.7 Å². The van der Waals surface area contributed by atoms with Gasteiger partial charge in [0.1, 0.15) is 17.4 Å². The van der Waals surface area contributed by atoms with Crippen LogP contribution in [0.4, 0.5) is 0 Å². The van der Waals surface area contributed by atoms with E-state index in [2.05, 4.69) is 10.2 Å². The van der Waals surface area contributed by atoms with Crippen molar-refractivity contribution in [3.63, 3.8) is 0 Å². The van der Waals surface area contributed by atoms with E-state index < -0.39 is 5.97 Å². The first kappa shape index (κ1) is 12.7. The summed E-state index contributed by atoms with van der Waals surface area (Å²) in [7, 11) is 0. The number of benzene rings is 1. The van der Waals surface area contributed by atoms with Gasteiger partial charge in [-0.05, 0) is 24.1 Å². The normalized spacial score (nSPS) is 17.7. The number of aliphatic carboxylic acids is 1. The molecule has 104 valence electrons. The number of carboxylic acids is 1. The second-order valence-electron chi connectivity index (χ2n) is 5.06. The van der Waals surface area contributed by atoms with E-state index in [9.17, 15) is 9.90 Å². The maximum Gasteiger partial charge on any atom is 0.307 e. The van der Waals surface area contributed by atoms with Crippen LogP contribution in [-0.2, 0) is 24.2 Å². The van der Waals surface area contributed by atoms with Crippen molar-refractivity contribution < 1.29 is 15.0 Å². The highest BCUT2D eigenvalue weighted by Crippen LogP contribution is 2.22. The number of carboxylic acid groups (broad SMARTS) is 1. The average molecular weight is 273 g/mol. The molecule has 1 unspecified atom stereocenters. The zero-order chi connectivity index (χ0) is 14.1. The van der Waals surface area contributed by atoms with Crippen LogP contribution in [0.1, 0.15) is 23.6 Å². The summed E-state index contributed by atoms with van der Waals surface area (Å²) in [4.78, 5) is 11.0. The van der Waals surface area contributed by atoms with E-state index in [-0.39, 0.29) is 11.7 Å². The lowest BCUT2D eigenvalue weighted by Gasteiger charge is -2.20. The van der Waals surface area contributed by atoms with Crippen molar-refractivity contribution in [1.29, 1.82) is 0 Å². The van der Waals surface area contributed by atoms with Crippen LogP contribution in [0, 0.1) is 5.92 Å². The minimum Gasteiger partial charge on any atom is -0.508 e. The summed E-state index contributed by atoms with van der Waals surface area (Å²) >= 11 is 0. The Morgan fingerprint density at radius 3 is 2.75 bits per heavy atom. The third-order valence-corrected chi connectivity index (χ3v) is 3.68. The van der Waals surface area contributed by atoms with Crippen LogP contribution in [0.25, 0.3) is 0 Å². The number of fused-ring (bicyclic) bond motifs is 1. The number of aromatic hydroxyl groups is 1. The standard InChI is InChI=1S/C14H15N3O3/c18-11-3-1-9(2-4-11)7-12-15-16-13-8-10(14(19)20)5-6-17(12)13/h1-4,10,18H,5-8H2,(H,19,20). The molecule has 0 aliphatic carbocycles. The van der Waals surface area contributed by atoms with Gasteiger partial charge in [0.2, 0.25) is 0 Å². The van der Waals surface area contributed by atoms with E-state index in [1.54, 1.807) is 12.1 Å². The van der Waals surface area contributed by atoms with Crippen LogP contribution < -0.4 is 0 Å². The van der Waals surface area contributed by atoms with E-state index >= 15 is 0 Å². The van der Waals surface area contributed by atoms with Crippen LogP contribution in [0.3, 0.4) is 0 Å². The highest BCUT2D eigenvalue weighted by Gasteiger charge is 2.27. The fraction of sp³-hybridized carbons (Fsp3) is 0.357. The van der Waals surface area contributed by atoms with Crippen LogP contribution in [0.15, 0.2) is 24.3 Å². The van der Waals surface area contributed by atoms with Crippen molar-refractivity contribution in [3.8, 4) is 5.75 Å². The minimum absolute atomic E-state index is 0.237. The average Bonchev–Trinajstić information content (AvgIpc) is 2.84. The summed E-state index contributed by atoms with van der Waals surface area (Å²) in [5.74, 6) is 0.709. The Morgan fingerprint density at radius 2 is 2.05 bits per heavy atom. The zero-order valence-electron chi connectivity index (χ0n) is 10.9. The summed E-state index contributed by atoms with van der Waals surface area (Å²) in [6.45, 7) is 0.646. The van der Waals surface area contributed by atoms with Gasteiger partial charge in [0.25, 0.3) is 0 Å².